The number of carbonyl (C=O) groups excluding carboxylic acids is 2. The van der Waals surface area contributed by atoms with Crippen LogP contribution in [0.1, 0.15) is 43.0 Å². The van der Waals surface area contributed by atoms with Crippen LogP contribution in [0.4, 0.5) is 0 Å². The van der Waals surface area contributed by atoms with Crippen LogP contribution in [0.5, 0.6) is 0 Å². The SMILES string of the molecule is CC(=O)c1ccc(S(=O)(=O)N2CCN(C(=O)C[NH+]3CCCCCC3)CC2)cc1. The highest BCUT2D eigenvalue weighted by Gasteiger charge is 2.31. The molecule has 1 aromatic carbocycles. The van der Waals surface area contributed by atoms with Gasteiger partial charge in [0.15, 0.2) is 12.3 Å². The van der Waals surface area contributed by atoms with E-state index in [1.165, 1.54) is 53.9 Å². The monoisotopic (exact) mass is 408 g/mol. The van der Waals surface area contributed by atoms with Crippen molar-refractivity contribution >= 4 is 21.7 Å². The lowest BCUT2D eigenvalue weighted by Crippen LogP contribution is -3.13. The largest absolute Gasteiger partial charge is 0.335 e. The Morgan fingerprint density at radius 2 is 1.50 bits per heavy atom. The first-order valence-electron chi connectivity index (χ1n) is 10.1. The van der Waals surface area contributed by atoms with E-state index in [4.69, 9.17) is 0 Å². The summed E-state index contributed by atoms with van der Waals surface area (Å²) in [7, 11) is -3.61. The molecule has 2 heterocycles. The molecule has 1 aromatic rings. The Hall–Kier alpha value is -1.77. The maximum atomic E-state index is 12.8. The van der Waals surface area contributed by atoms with Crippen molar-refractivity contribution in [1.29, 1.82) is 0 Å². The smallest absolute Gasteiger partial charge is 0.277 e. The molecule has 0 aromatic heterocycles. The van der Waals surface area contributed by atoms with Gasteiger partial charge in [-0.15, -0.1) is 0 Å². The van der Waals surface area contributed by atoms with Crippen molar-refractivity contribution in [2.45, 2.75) is 37.5 Å². The van der Waals surface area contributed by atoms with E-state index in [0.29, 0.717) is 38.3 Å². The lowest BCUT2D eigenvalue weighted by molar-refractivity contribution is -0.891. The molecule has 0 atom stereocenters. The van der Waals surface area contributed by atoms with E-state index in [1.807, 2.05) is 0 Å². The first-order chi connectivity index (χ1) is 13.4. The van der Waals surface area contributed by atoms with Gasteiger partial charge in [0.25, 0.3) is 5.91 Å². The molecule has 2 saturated heterocycles. The van der Waals surface area contributed by atoms with Crippen LogP contribution in [0.25, 0.3) is 0 Å². The maximum Gasteiger partial charge on any atom is 0.277 e. The highest BCUT2D eigenvalue weighted by Crippen LogP contribution is 2.18. The van der Waals surface area contributed by atoms with Gasteiger partial charge < -0.3 is 9.80 Å². The van der Waals surface area contributed by atoms with E-state index in [0.717, 1.165) is 13.1 Å². The van der Waals surface area contributed by atoms with Crippen molar-refractivity contribution in [2.24, 2.45) is 0 Å². The van der Waals surface area contributed by atoms with E-state index < -0.39 is 10.0 Å². The summed E-state index contributed by atoms with van der Waals surface area (Å²) in [6, 6.07) is 6.04. The molecule has 0 aliphatic carbocycles. The lowest BCUT2D eigenvalue weighted by atomic mass is 10.2. The molecular weight excluding hydrogens is 378 g/mol. The van der Waals surface area contributed by atoms with Crippen LogP contribution in [-0.2, 0) is 14.8 Å². The third-order valence-electron chi connectivity index (χ3n) is 5.70. The first kappa shape index (κ1) is 21.0. The number of benzene rings is 1. The van der Waals surface area contributed by atoms with Crippen LogP contribution < -0.4 is 4.90 Å². The molecule has 1 N–H and O–H groups in total. The predicted molar refractivity (Wildman–Crippen MR) is 106 cm³/mol. The fourth-order valence-electron chi connectivity index (χ4n) is 3.92. The second kappa shape index (κ2) is 9.15. The van der Waals surface area contributed by atoms with Gasteiger partial charge in [0.2, 0.25) is 10.0 Å². The summed E-state index contributed by atoms with van der Waals surface area (Å²) in [6.07, 6.45) is 4.86. The van der Waals surface area contributed by atoms with Gasteiger partial charge in [-0.3, -0.25) is 9.59 Å². The number of piperazine rings is 1. The summed E-state index contributed by atoms with van der Waals surface area (Å²) in [5.41, 5.74) is 0.491. The van der Waals surface area contributed by atoms with Gasteiger partial charge in [0.1, 0.15) is 0 Å². The van der Waals surface area contributed by atoms with E-state index >= 15 is 0 Å². The summed E-state index contributed by atoms with van der Waals surface area (Å²) in [5.74, 6) is 0.0300. The second-order valence-corrected chi connectivity index (χ2v) is 9.64. The van der Waals surface area contributed by atoms with Crippen molar-refractivity contribution in [2.75, 3.05) is 45.8 Å². The molecule has 7 nitrogen and oxygen atoms in total. The minimum atomic E-state index is -3.61. The Morgan fingerprint density at radius 3 is 2.04 bits per heavy atom. The number of ketones is 1. The highest BCUT2D eigenvalue weighted by molar-refractivity contribution is 7.89. The second-order valence-electron chi connectivity index (χ2n) is 7.71. The molecule has 2 aliphatic rings. The number of sulfonamides is 1. The Morgan fingerprint density at radius 1 is 0.929 bits per heavy atom. The van der Waals surface area contributed by atoms with Crippen LogP contribution in [0.15, 0.2) is 29.2 Å². The minimum absolute atomic E-state index is 0.0948. The molecule has 28 heavy (non-hydrogen) atoms. The third kappa shape index (κ3) is 4.98. The van der Waals surface area contributed by atoms with Crippen LogP contribution >= 0.6 is 0 Å². The number of carbonyl (C=O) groups is 2. The fraction of sp³-hybridized carbons (Fsp3) is 0.600. The summed E-state index contributed by atoms with van der Waals surface area (Å²) >= 11 is 0. The zero-order valence-corrected chi connectivity index (χ0v) is 17.3. The van der Waals surface area contributed by atoms with Crippen LogP contribution in [-0.4, -0.2) is 75.1 Å². The number of quaternary nitrogens is 1. The topological polar surface area (TPSA) is 79.2 Å². The van der Waals surface area contributed by atoms with Gasteiger partial charge in [-0.05, 0) is 44.7 Å². The standard InChI is InChI=1S/C20H29N3O4S/c1-17(24)18-6-8-19(9-7-18)28(26,27)23-14-12-22(13-15-23)20(25)16-21-10-4-2-3-5-11-21/h6-9H,2-5,10-16H2,1H3/p+1. The normalized spacial score (nSPS) is 20.0. The molecule has 0 radical (unpaired) electrons. The molecular formula is C20H30N3O4S+. The predicted octanol–water partition coefficient (Wildman–Crippen LogP) is 0.181. The van der Waals surface area contributed by atoms with E-state index in [2.05, 4.69) is 0 Å². The van der Waals surface area contributed by atoms with Crippen molar-refractivity contribution < 1.29 is 22.9 Å². The molecule has 3 rings (SSSR count). The molecule has 8 heteroatoms. The molecule has 0 bridgehead atoms. The quantitative estimate of drug-likeness (QED) is 0.705. The minimum Gasteiger partial charge on any atom is -0.335 e. The van der Waals surface area contributed by atoms with Gasteiger partial charge in [-0.1, -0.05) is 12.1 Å². The first-order valence-corrected chi connectivity index (χ1v) is 11.5. The summed E-state index contributed by atoms with van der Waals surface area (Å²) in [5, 5.41) is 0. The van der Waals surface area contributed by atoms with Crippen LogP contribution in [0.3, 0.4) is 0 Å². The highest BCUT2D eigenvalue weighted by atomic mass is 32.2. The summed E-state index contributed by atoms with van der Waals surface area (Å²) < 4.78 is 27.1. The van der Waals surface area contributed by atoms with Gasteiger partial charge in [0, 0.05) is 31.7 Å². The molecule has 2 aliphatic heterocycles. The van der Waals surface area contributed by atoms with Crippen LogP contribution in [0, 0.1) is 0 Å². The van der Waals surface area contributed by atoms with Crippen molar-refractivity contribution in [3.63, 3.8) is 0 Å². The molecule has 1 amide bonds. The maximum absolute atomic E-state index is 12.8. The number of nitrogens with zero attached hydrogens (tertiary/aromatic N) is 2. The Bertz CT molecular complexity index is 791. The Labute approximate surface area is 167 Å². The number of rotatable bonds is 5. The number of likely N-dealkylation sites (tertiary alicyclic amines) is 1. The zero-order valence-electron chi connectivity index (χ0n) is 16.5. The number of hydrogen-bond donors (Lipinski definition) is 1. The lowest BCUT2D eigenvalue weighted by Gasteiger charge is -2.34. The number of nitrogens with one attached hydrogen (secondary N) is 1. The number of hydrogen-bond acceptors (Lipinski definition) is 4. The molecule has 0 spiro atoms. The summed E-state index contributed by atoms with van der Waals surface area (Å²) in [4.78, 5) is 27.3. The number of amides is 1. The van der Waals surface area contributed by atoms with Crippen LogP contribution in [0.2, 0.25) is 0 Å². The van der Waals surface area contributed by atoms with Crippen molar-refractivity contribution in [1.82, 2.24) is 9.21 Å². The Balaban J connectivity index is 1.56. The fourth-order valence-corrected chi connectivity index (χ4v) is 5.34. The average molecular weight is 409 g/mol. The van der Waals surface area contributed by atoms with Crippen molar-refractivity contribution in [3.8, 4) is 0 Å². The van der Waals surface area contributed by atoms with E-state index in [1.54, 1.807) is 17.0 Å². The molecule has 0 saturated carbocycles. The van der Waals surface area contributed by atoms with Gasteiger partial charge in [0.05, 0.1) is 18.0 Å². The van der Waals surface area contributed by atoms with Gasteiger partial charge in [-0.2, -0.15) is 4.31 Å². The van der Waals surface area contributed by atoms with Gasteiger partial charge >= 0.3 is 0 Å². The average Bonchev–Trinajstić information content (AvgIpc) is 2.96. The van der Waals surface area contributed by atoms with E-state index in [-0.39, 0.29) is 16.6 Å². The summed E-state index contributed by atoms with van der Waals surface area (Å²) in [6.45, 7) is 5.53. The number of Topliss-reactive ketones (excluding diaryl/α,β-unsaturated/α-hetero) is 1. The Kier molecular flexibility index (Phi) is 6.85. The zero-order chi connectivity index (χ0) is 20.1. The van der Waals surface area contributed by atoms with Crippen molar-refractivity contribution in [3.05, 3.63) is 29.8 Å². The third-order valence-corrected chi connectivity index (χ3v) is 7.61. The molecule has 154 valence electrons. The molecule has 0 unspecified atom stereocenters. The van der Waals surface area contributed by atoms with E-state index in [9.17, 15) is 18.0 Å². The molecule has 2 fully saturated rings. The van der Waals surface area contributed by atoms with Gasteiger partial charge in [-0.25, -0.2) is 8.42 Å².